The quantitative estimate of drug-likeness (QED) is 0.566. The van der Waals surface area contributed by atoms with Crippen LogP contribution in [0.1, 0.15) is 26.7 Å². The Morgan fingerprint density at radius 1 is 0.810 bits per heavy atom. The summed E-state index contributed by atoms with van der Waals surface area (Å²) in [4.78, 5) is 0. The molecule has 0 aliphatic rings. The molecule has 4 N–H and O–H groups in total. The van der Waals surface area contributed by atoms with Crippen molar-refractivity contribution < 1.29 is 13.3 Å². The van der Waals surface area contributed by atoms with Gasteiger partial charge in [-0.2, -0.15) is 0 Å². The van der Waals surface area contributed by atoms with E-state index in [-0.39, 0.29) is 0 Å². The van der Waals surface area contributed by atoms with Gasteiger partial charge >= 0.3 is 8.56 Å². The molecule has 0 aromatic heterocycles. The average Bonchev–Trinajstić information content (AvgIpc) is 2.44. The van der Waals surface area contributed by atoms with Crippen LogP contribution in [0.4, 0.5) is 0 Å². The Hall–Kier alpha value is 0.234. The van der Waals surface area contributed by atoms with Crippen LogP contribution in [0, 0.1) is 0 Å². The molecule has 0 atom stereocenters. The third kappa shape index (κ3) is 14.9. The van der Waals surface area contributed by atoms with Gasteiger partial charge in [-0.05, 0) is 71.5 Å². The third-order valence-corrected chi connectivity index (χ3v) is 8.99. The summed E-state index contributed by atoms with van der Waals surface area (Å²) in [5.74, 6) is 0. The van der Waals surface area contributed by atoms with Gasteiger partial charge in [-0.1, -0.05) is 0 Å². The van der Waals surface area contributed by atoms with Crippen molar-refractivity contribution in [2.45, 2.75) is 58.4 Å². The number of nitrogens with two attached hydrogens (primary N) is 2. The van der Waals surface area contributed by atoms with Crippen molar-refractivity contribution in [3.05, 3.63) is 0 Å². The van der Waals surface area contributed by atoms with E-state index in [1.165, 1.54) is 6.04 Å². The Morgan fingerprint density at radius 2 is 1.24 bits per heavy atom. The van der Waals surface area contributed by atoms with Gasteiger partial charge in [-0.25, -0.2) is 0 Å². The van der Waals surface area contributed by atoms with Crippen molar-refractivity contribution in [2.24, 2.45) is 11.5 Å². The largest absolute Gasteiger partial charge is 0.420 e. The Bertz CT molecular complexity index is 226. The molecule has 0 saturated heterocycles. The Morgan fingerprint density at radius 3 is 1.57 bits per heavy atom. The van der Waals surface area contributed by atoms with Crippen LogP contribution in [-0.2, 0) is 13.3 Å². The fraction of sp³-hybridized carbons (Fsp3) is 1.00. The second-order valence-corrected chi connectivity index (χ2v) is 13.5. The molecule has 0 aliphatic heterocycles. The summed E-state index contributed by atoms with van der Waals surface area (Å²) < 4.78 is 16.6. The van der Waals surface area contributed by atoms with Gasteiger partial charge in [0.15, 0.2) is 8.32 Å². The molecule has 5 nitrogen and oxygen atoms in total. The van der Waals surface area contributed by atoms with Gasteiger partial charge in [0.2, 0.25) is 0 Å². The highest BCUT2D eigenvalue weighted by molar-refractivity contribution is 6.71. The standard InChI is InChI=1S/C8H21NO2Si.C6H17NOSi/c1-4-10-12(3,11-5-2)8-6-7-9;1-8-9(2,3)6-4-5-7/h4-9H2,1-3H3;4-7H2,1-3H3. The van der Waals surface area contributed by atoms with Crippen LogP contribution in [0.3, 0.4) is 0 Å². The van der Waals surface area contributed by atoms with E-state index in [9.17, 15) is 0 Å². The van der Waals surface area contributed by atoms with Crippen LogP contribution in [-0.4, -0.2) is 50.3 Å². The minimum Gasteiger partial charge on any atom is -0.420 e. The van der Waals surface area contributed by atoms with E-state index < -0.39 is 16.9 Å². The van der Waals surface area contributed by atoms with E-state index >= 15 is 0 Å². The van der Waals surface area contributed by atoms with Gasteiger partial charge in [-0.15, -0.1) is 0 Å². The first-order chi connectivity index (χ1) is 9.80. The molecule has 0 saturated carbocycles. The first-order valence-corrected chi connectivity index (χ1v) is 13.7. The Labute approximate surface area is 134 Å². The molecule has 0 spiro atoms. The van der Waals surface area contributed by atoms with Crippen molar-refractivity contribution in [3.8, 4) is 0 Å². The SMILES string of the molecule is CCO[Si](C)(CCCN)OCC.CO[Si](C)(C)CCCN. The molecule has 0 rings (SSSR count). The molecule has 0 unspecified atom stereocenters. The van der Waals surface area contributed by atoms with E-state index in [1.54, 1.807) is 7.11 Å². The smallest absolute Gasteiger partial charge is 0.334 e. The van der Waals surface area contributed by atoms with Crippen LogP contribution in [0.25, 0.3) is 0 Å². The van der Waals surface area contributed by atoms with E-state index in [0.717, 1.165) is 45.2 Å². The second kappa shape index (κ2) is 13.9. The lowest BCUT2D eigenvalue weighted by atomic mass is 10.5. The minimum atomic E-state index is -1.85. The maximum Gasteiger partial charge on any atom is 0.334 e. The lowest BCUT2D eigenvalue weighted by Gasteiger charge is -2.25. The van der Waals surface area contributed by atoms with Crippen molar-refractivity contribution in [2.75, 3.05) is 33.4 Å². The summed E-state index contributed by atoms with van der Waals surface area (Å²) >= 11 is 0. The predicted molar refractivity (Wildman–Crippen MR) is 96.3 cm³/mol. The number of hydrogen-bond acceptors (Lipinski definition) is 5. The van der Waals surface area contributed by atoms with Gasteiger partial charge in [0.1, 0.15) is 0 Å². The van der Waals surface area contributed by atoms with E-state index in [4.69, 9.17) is 24.7 Å². The summed E-state index contributed by atoms with van der Waals surface area (Å²) in [5.41, 5.74) is 10.8. The lowest BCUT2D eigenvalue weighted by molar-refractivity contribution is 0.188. The highest BCUT2D eigenvalue weighted by atomic mass is 28.4. The summed E-state index contributed by atoms with van der Waals surface area (Å²) in [6.07, 6.45) is 2.11. The zero-order chi connectivity index (χ0) is 16.8. The van der Waals surface area contributed by atoms with Gasteiger partial charge in [0.25, 0.3) is 0 Å². The van der Waals surface area contributed by atoms with Crippen LogP contribution in [0.5, 0.6) is 0 Å². The number of hydrogen-bond donors (Lipinski definition) is 2. The van der Waals surface area contributed by atoms with Crippen LogP contribution >= 0.6 is 0 Å². The summed E-state index contributed by atoms with van der Waals surface area (Å²) in [5, 5.41) is 0. The van der Waals surface area contributed by atoms with Crippen LogP contribution < -0.4 is 11.5 Å². The average molecular weight is 339 g/mol. The van der Waals surface area contributed by atoms with E-state index in [2.05, 4.69) is 19.6 Å². The van der Waals surface area contributed by atoms with Crippen LogP contribution in [0.2, 0.25) is 31.7 Å². The zero-order valence-corrected chi connectivity index (χ0v) is 17.0. The number of rotatable bonds is 11. The van der Waals surface area contributed by atoms with E-state index in [1.807, 2.05) is 13.8 Å². The molecule has 0 aromatic carbocycles. The minimum absolute atomic E-state index is 0.725. The molecule has 0 bridgehead atoms. The first-order valence-electron chi connectivity index (χ1n) is 8.04. The molecule has 0 aromatic rings. The molecular formula is C14H38N2O3Si2. The molecule has 7 heteroatoms. The molecule has 0 aliphatic carbocycles. The normalized spacial score (nSPS) is 12.0. The lowest BCUT2D eigenvalue weighted by Crippen LogP contribution is -2.39. The van der Waals surface area contributed by atoms with Gasteiger partial charge < -0.3 is 24.7 Å². The maximum absolute atomic E-state index is 5.63. The maximum atomic E-state index is 5.63. The van der Waals surface area contributed by atoms with Crippen LogP contribution in [0.15, 0.2) is 0 Å². The molecule has 130 valence electrons. The Kier molecular flexibility index (Phi) is 15.5. The second-order valence-electron chi connectivity index (χ2n) is 5.75. The third-order valence-electron chi connectivity index (χ3n) is 3.27. The Balaban J connectivity index is 0. The molecule has 0 amide bonds. The summed E-state index contributed by atoms with van der Waals surface area (Å²) in [7, 11) is -1.33. The van der Waals surface area contributed by atoms with Gasteiger partial charge in [0.05, 0.1) is 0 Å². The molecule has 0 heterocycles. The van der Waals surface area contributed by atoms with Crippen molar-refractivity contribution >= 4 is 16.9 Å². The van der Waals surface area contributed by atoms with Gasteiger partial charge in [-0.3, -0.25) is 0 Å². The topological polar surface area (TPSA) is 79.7 Å². The fourth-order valence-electron chi connectivity index (χ4n) is 1.85. The monoisotopic (exact) mass is 338 g/mol. The molecule has 0 radical (unpaired) electrons. The molecule has 21 heavy (non-hydrogen) atoms. The van der Waals surface area contributed by atoms with E-state index in [0.29, 0.717) is 0 Å². The van der Waals surface area contributed by atoms with Crippen molar-refractivity contribution in [3.63, 3.8) is 0 Å². The van der Waals surface area contributed by atoms with Crippen molar-refractivity contribution in [1.29, 1.82) is 0 Å². The highest BCUT2D eigenvalue weighted by Gasteiger charge is 2.29. The predicted octanol–water partition coefficient (Wildman–Crippen LogP) is 2.67. The molecular weight excluding hydrogens is 300 g/mol. The first kappa shape index (κ1) is 23.5. The fourth-order valence-corrected chi connectivity index (χ4v) is 5.55. The van der Waals surface area contributed by atoms with Crippen molar-refractivity contribution in [1.82, 2.24) is 0 Å². The zero-order valence-electron chi connectivity index (χ0n) is 15.0. The highest BCUT2D eigenvalue weighted by Crippen LogP contribution is 2.15. The van der Waals surface area contributed by atoms with Gasteiger partial charge in [0, 0.05) is 20.3 Å². The summed E-state index contributed by atoms with van der Waals surface area (Å²) in [6, 6.07) is 2.19. The summed E-state index contributed by atoms with van der Waals surface area (Å²) in [6.45, 7) is 13.5. The molecule has 0 fully saturated rings.